The Hall–Kier alpha value is -1.13. The van der Waals surface area contributed by atoms with Gasteiger partial charge in [0.2, 0.25) is 10.0 Å². The van der Waals surface area contributed by atoms with Gasteiger partial charge in [-0.3, -0.25) is 4.79 Å². The highest BCUT2D eigenvalue weighted by Crippen LogP contribution is 2.34. The van der Waals surface area contributed by atoms with Crippen LogP contribution in [-0.4, -0.2) is 31.3 Å². The van der Waals surface area contributed by atoms with Crippen molar-refractivity contribution in [2.45, 2.75) is 25.3 Å². The molecule has 0 aromatic carbocycles. The smallest absolute Gasteiger partial charge is 0.304 e. The fraction of sp³-hybridized carbons (Fsp3) is 0.750. The summed E-state index contributed by atoms with van der Waals surface area (Å²) in [7, 11) is -3.66. The van der Waals surface area contributed by atoms with Crippen LogP contribution in [0.15, 0.2) is 0 Å². The lowest BCUT2D eigenvalue weighted by Crippen LogP contribution is -2.39. The van der Waals surface area contributed by atoms with Crippen molar-refractivity contribution in [2.75, 3.05) is 5.75 Å². The predicted molar refractivity (Wildman–Crippen MR) is 51.3 cm³/mol. The number of nitrogens with zero attached hydrogens (tertiary/aromatic N) is 1. The molecule has 1 aliphatic rings. The first-order chi connectivity index (χ1) is 6.94. The highest BCUT2D eigenvalue weighted by molar-refractivity contribution is 7.89. The molecule has 0 aromatic heterocycles. The number of nitrogens with one attached hydrogen (secondary N) is 1. The first-order valence-corrected chi connectivity index (χ1v) is 6.18. The summed E-state index contributed by atoms with van der Waals surface area (Å²) in [6, 6.07) is 0.959. The second-order valence-corrected chi connectivity index (χ2v) is 5.33. The van der Waals surface area contributed by atoms with Crippen LogP contribution in [0, 0.1) is 17.2 Å². The molecular weight excluding hydrogens is 220 g/mol. The molecular formula is C8H12N2O4S. The standard InChI is InChI=1S/C8H12N2O4S/c9-3-4-15(13,14)10-7(5-8(11)12)6-1-2-6/h6-7,10H,1-2,4-5H2,(H,11,12). The van der Waals surface area contributed by atoms with Gasteiger partial charge in [-0.05, 0) is 18.8 Å². The second kappa shape index (κ2) is 4.59. The van der Waals surface area contributed by atoms with Crippen LogP contribution in [0.2, 0.25) is 0 Å². The van der Waals surface area contributed by atoms with E-state index < -0.39 is 27.8 Å². The topological polar surface area (TPSA) is 107 Å². The fourth-order valence-electron chi connectivity index (χ4n) is 1.35. The lowest BCUT2D eigenvalue weighted by Gasteiger charge is -2.14. The van der Waals surface area contributed by atoms with E-state index in [2.05, 4.69) is 4.72 Å². The Kier molecular flexibility index (Phi) is 3.66. The van der Waals surface area contributed by atoms with E-state index >= 15 is 0 Å². The fourth-order valence-corrected chi connectivity index (χ4v) is 2.34. The van der Waals surface area contributed by atoms with Gasteiger partial charge in [-0.25, -0.2) is 13.1 Å². The molecule has 15 heavy (non-hydrogen) atoms. The summed E-state index contributed by atoms with van der Waals surface area (Å²) in [5.74, 6) is -1.56. The van der Waals surface area contributed by atoms with Gasteiger partial charge in [0.05, 0.1) is 12.5 Å². The van der Waals surface area contributed by atoms with Crippen LogP contribution in [-0.2, 0) is 14.8 Å². The van der Waals surface area contributed by atoms with Gasteiger partial charge in [0.15, 0.2) is 5.75 Å². The summed E-state index contributed by atoms with van der Waals surface area (Å²) in [5.41, 5.74) is 0. The molecule has 1 unspecified atom stereocenters. The number of carbonyl (C=O) groups is 1. The first kappa shape index (κ1) is 11.9. The molecule has 7 heteroatoms. The van der Waals surface area contributed by atoms with Crippen LogP contribution in [0.5, 0.6) is 0 Å². The van der Waals surface area contributed by atoms with Gasteiger partial charge < -0.3 is 5.11 Å². The van der Waals surface area contributed by atoms with Crippen LogP contribution in [0.3, 0.4) is 0 Å². The molecule has 1 aliphatic carbocycles. The lowest BCUT2D eigenvalue weighted by atomic mass is 10.1. The van der Waals surface area contributed by atoms with Gasteiger partial charge in [-0.15, -0.1) is 0 Å². The predicted octanol–water partition coefficient (Wildman–Crippen LogP) is -0.317. The third kappa shape index (κ3) is 4.27. The first-order valence-electron chi connectivity index (χ1n) is 4.53. The van der Waals surface area contributed by atoms with Crippen molar-refractivity contribution in [1.82, 2.24) is 4.72 Å². The third-order valence-electron chi connectivity index (χ3n) is 2.17. The summed E-state index contributed by atoms with van der Waals surface area (Å²) in [6.07, 6.45) is 1.45. The summed E-state index contributed by atoms with van der Waals surface area (Å²) < 4.78 is 24.7. The van der Waals surface area contributed by atoms with E-state index in [0.717, 1.165) is 12.8 Å². The molecule has 0 radical (unpaired) electrons. The minimum absolute atomic E-state index is 0.106. The van der Waals surface area contributed by atoms with Crippen LogP contribution in [0.25, 0.3) is 0 Å². The van der Waals surface area contributed by atoms with Crippen molar-refractivity contribution in [3.05, 3.63) is 0 Å². The average molecular weight is 232 g/mol. The van der Waals surface area contributed by atoms with Gasteiger partial charge in [-0.2, -0.15) is 5.26 Å². The average Bonchev–Trinajstić information content (AvgIpc) is 2.82. The quantitative estimate of drug-likeness (QED) is 0.652. The van der Waals surface area contributed by atoms with Crippen molar-refractivity contribution in [2.24, 2.45) is 5.92 Å². The molecule has 0 amide bonds. The van der Waals surface area contributed by atoms with Crippen LogP contribution in [0.4, 0.5) is 0 Å². The zero-order valence-electron chi connectivity index (χ0n) is 8.01. The summed E-state index contributed by atoms with van der Waals surface area (Å²) >= 11 is 0. The SMILES string of the molecule is N#CCS(=O)(=O)NC(CC(=O)O)C1CC1. The number of nitriles is 1. The van der Waals surface area contributed by atoms with E-state index in [1.54, 1.807) is 0 Å². The van der Waals surface area contributed by atoms with Crippen molar-refractivity contribution < 1.29 is 18.3 Å². The summed E-state index contributed by atoms with van der Waals surface area (Å²) in [5, 5.41) is 16.9. The van der Waals surface area contributed by atoms with Crippen LogP contribution < -0.4 is 4.72 Å². The summed E-state index contributed by atoms with van der Waals surface area (Å²) in [6.45, 7) is 0. The normalized spacial score (nSPS) is 18.1. The molecule has 6 nitrogen and oxygen atoms in total. The van der Waals surface area contributed by atoms with E-state index in [1.807, 2.05) is 0 Å². The van der Waals surface area contributed by atoms with Crippen molar-refractivity contribution in [3.63, 3.8) is 0 Å². The van der Waals surface area contributed by atoms with Gasteiger partial charge in [0.1, 0.15) is 0 Å². The maximum Gasteiger partial charge on any atom is 0.304 e. The highest BCUT2D eigenvalue weighted by Gasteiger charge is 2.35. The molecule has 0 bridgehead atoms. The van der Waals surface area contributed by atoms with Gasteiger partial charge in [0.25, 0.3) is 0 Å². The van der Waals surface area contributed by atoms with E-state index in [1.165, 1.54) is 6.07 Å². The van der Waals surface area contributed by atoms with Crippen molar-refractivity contribution in [3.8, 4) is 6.07 Å². The minimum Gasteiger partial charge on any atom is -0.481 e. The number of rotatable bonds is 6. The number of hydrogen-bond acceptors (Lipinski definition) is 4. The van der Waals surface area contributed by atoms with Gasteiger partial charge in [0, 0.05) is 6.04 Å². The summed E-state index contributed by atoms with van der Waals surface area (Å²) in [4.78, 5) is 10.5. The van der Waals surface area contributed by atoms with E-state index in [0.29, 0.717) is 0 Å². The monoisotopic (exact) mass is 232 g/mol. The molecule has 0 aromatic rings. The van der Waals surface area contributed by atoms with Gasteiger partial charge >= 0.3 is 5.97 Å². The van der Waals surface area contributed by atoms with Gasteiger partial charge in [-0.1, -0.05) is 0 Å². The van der Waals surface area contributed by atoms with Crippen molar-refractivity contribution in [1.29, 1.82) is 5.26 Å². The largest absolute Gasteiger partial charge is 0.481 e. The lowest BCUT2D eigenvalue weighted by molar-refractivity contribution is -0.137. The molecule has 1 atom stereocenters. The molecule has 0 saturated heterocycles. The number of sulfonamides is 1. The maximum absolute atomic E-state index is 11.2. The third-order valence-corrected chi connectivity index (χ3v) is 3.34. The zero-order chi connectivity index (χ0) is 11.5. The molecule has 1 saturated carbocycles. The molecule has 84 valence electrons. The number of aliphatic carboxylic acids is 1. The second-order valence-electron chi connectivity index (χ2n) is 3.58. The molecule has 0 heterocycles. The number of carboxylic acid groups (broad SMARTS) is 1. The molecule has 2 N–H and O–H groups in total. The van der Waals surface area contributed by atoms with Crippen LogP contribution >= 0.6 is 0 Å². The Bertz CT molecular complexity index is 380. The van der Waals surface area contributed by atoms with Crippen molar-refractivity contribution >= 4 is 16.0 Å². The molecule has 1 rings (SSSR count). The Morgan fingerprint density at radius 2 is 2.20 bits per heavy atom. The Morgan fingerprint density at radius 3 is 2.60 bits per heavy atom. The highest BCUT2D eigenvalue weighted by atomic mass is 32.2. The van der Waals surface area contributed by atoms with E-state index in [-0.39, 0.29) is 12.3 Å². The maximum atomic E-state index is 11.2. The van der Waals surface area contributed by atoms with E-state index in [9.17, 15) is 13.2 Å². The number of hydrogen-bond donors (Lipinski definition) is 2. The Labute approximate surface area is 87.9 Å². The van der Waals surface area contributed by atoms with Crippen LogP contribution in [0.1, 0.15) is 19.3 Å². The molecule has 0 aliphatic heterocycles. The van der Waals surface area contributed by atoms with E-state index in [4.69, 9.17) is 10.4 Å². The Morgan fingerprint density at radius 1 is 1.60 bits per heavy atom. The molecule has 0 spiro atoms. The molecule has 1 fully saturated rings. The minimum atomic E-state index is -3.66. The Balaban J connectivity index is 2.59. The zero-order valence-corrected chi connectivity index (χ0v) is 8.83. The number of carboxylic acids is 1.